The van der Waals surface area contributed by atoms with Crippen molar-refractivity contribution in [3.05, 3.63) is 17.8 Å². The molecule has 4 nitrogen and oxygen atoms in total. The Kier molecular flexibility index (Phi) is 4.03. The second kappa shape index (κ2) is 5.53. The fraction of sp³-hybridized carbons (Fsp3) is 0.714. The third-order valence-corrected chi connectivity index (χ3v) is 3.98. The number of piperidine rings is 1. The standard InChI is InChI=1S/C14H21N3O/c1-10(2)13-7-17(5-4-12(13)6-15)8-14-11(3)16-9-18-14/h9-10,12-13H,4-5,7-8H2,1-3H3. The first-order chi connectivity index (χ1) is 8.61. The van der Waals surface area contributed by atoms with Crippen molar-refractivity contribution in [2.45, 2.75) is 33.7 Å². The molecule has 1 aliphatic rings. The summed E-state index contributed by atoms with van der Waals surface area (Å²) in [5, 5.41) is 9.20. The van der Waals surface area contributed by atoms with Gasteiger partial charge < -0.3 is 4.42 Å². The molecule has 1 saturated heterocycles. The van der Waals surface area contributed by atoms with Crippen molar-refractivity contribution >= 4 is 0 Å². The number of rotatable bonds is 3. The predicted molar refractivity (Wildman–Crippen MR) is 68.6 cm³/mol. The van der Waals surface area contributed by atoms with Gasteiger partial charge in [0.15, 0.2) is 6.39 Å². The molecule has 0 aliphatic carbocycles. The average Bonchev–Trinajstić information content (AvgIpc) is 2.75. The lowest BCUT2D eigenvalue weighted by atomic mass is 9.79. The number of aromatic nitrogens is 1. The van der Waals surface area contributed by atoms with E-state index in [9.17, 15) is 5.26 Å². The first-order valence-corrected chi connectivity index (χ1v) is 6.62. The highest BCUT2D eigenvalue weighted by Gasteiger charge is 2.31. The van der Waals surface area contributed by atoms with Crippen molar-refractivity contribution in [1.82, 2.24) is 9.88 Å². The van der Waals surface area contributed by atoms with Gasteiger partial charge in [-0.2, -0.15) is 5.26 Å². The number of oxazole rings is 1. The van der Waals surface area contributed by atoms with Gasteiger partial charge >= 0.3 is 0 Å². The largest absolute Gasteiger partial charge is 0.447 e. The molecule has 1 aromatic rings. The lowest BCUT2D eigenvalue weighted by Crippen LogP contribution is -2.41. The van der Waals surface area contributed by atoms with Crippen molar-refractivity contribution in [2.75, 3.05) is 13.1 Å². The minimum atomic E-state index is 0.206. The Labute approximate surface area is 109 Å². The molecule has 2 unspecified atom stereocenters. The molecule has 0 spiro atoms. The molecule has 0 bridgehead atoms. The Morgan fingerprint density at radius 1 is 1.61 bits per heavy atom. The van der Waals surface area contributed by atoms with Crippen molar-refractivity contribution in [3.63, 3.8) is 0 Å². The lowest BCUT2D eigenvalue weighted by Gasteiger charge is -2.37. The van der Waals surface area contributed by atoms with Gasteiger partial charge in [-0.1, -0.05) is 13.8 Å². The summed E-state index contributed by atoms with van der Waals surface area (Å²) in [7, 11) is 0. The Hall–Kier alpha value is -1.34. The van der Waals surface area contributed by atoms with E-state index in [1.807, 2.05) is 6.92 Å². The van der Waals surface area contributed by atoms with Gasteiger partial charge in [0.1, 0.15) is 5.76 Å². The minimum Gasteiger partial charge on any atom is -0.447 e. The number of aryl methyl sites for hydroxylation is 1. The van der Waals surface area contributed by atoms with Crippen molar-refractivity contribution in [2.24, 2.45) is 17.8 Å². The highest BCUT2D eigenvalue weighted by atomic mass is 16.3. The van der Waals surface area contributed by atoms with Crippen molar-refractivity contribution < 1.29 is 4.42 Å². The Bertz CT molecular complexity index is 432. The van der Waals surface area contributed by atoms with E-state index in [1.165, 1.54) is 6.39 Å². The minimum absolute atomic E-state index is 0.206. The van der Waals surface area contributed by atoms with E-state index in [0.717, 1.165) is 37.5 Å². The van der Waals surface area contributed by atoms with Crippen LogP contribution in [0.1, 0.15) is 31.7 Å². The Balaban J connectivity index is 2.01. The number of hydrogen-bond donors (Lipinski definition) is 0. The maximum atomic E-state index is 9.20. The fourth-order valence-corrected chi connectivity index (χ4v) is 2.71. The molecule has 1 fully saturated rings. The van der Waals surface area contributed by atoms with Gasteiger partial charge in [0.05, 0.1) is 24.2 Å². The SMILES string of the molecule is Cc1ncoc1CN1CCC(C#N)C(C(C)C)C1. The summed E-state index contributed by atoms with van der Waals surface area (Å²) in [4.78, 5) is 6.50. The lowest BCUT2D eigenvalue weighted by molar-refractivity contribution is 0.102. The van der Waals surface area contributed by atoms with Gasteiger partial charge in [0.2, 0.25) is 0 Å². The zero-order chi connectivity index (χ0) is 13.1. The molecular weight excluding hydrogens is 226 g/mol. The van der Waals surface area contributed by atoms with E-state index >= 15 is 0 Å². The van der Waals surface area contributed by atoms with Crippen LogP contribution in [-0.2, 0) is 6.54 Å². The van der Waals surface area contributed by atoms with Crippen LogP contribution < -0.4 is 0 Å². The van der Waals surface area contributed by atoms with E-state index in [2.05, 4.69) is 29.8 Å². The summed E-state index contributed by atoms with van der Waals surface area (Å²) in [6.45, 7) is 9.15. The summed E-state index contributed by atoms with van der Waals surface area (Å²) >= 11 is 0. The number of nitrogens with zero attached hydrogens (tertiary/aromatic N) is 3. The summed E-state index contributed by atoms with van der Waals surface area (Å²) < 4.78 is 5.40. The molecule has 0 amide bonds. The molecule has 1 aliphatic heterocycles. The molecule has 98 valence electrons. The van der Waals surface area contributed by atoms with Crippen LogP contribution >= 0.6 is 0 Å². The number of likely N-dealkylation sites (tertiary alicyclic amines) is 1. The quantitative estimate of drug-likeness (QED) is 0.823. The van der Waals surface area contributed by atoms with Crippen molar-refractivity contribution in [3.8, 4) is 6.07 Å². The summed E-state index contributed by atoms with van der Waals surface area (Å²) in [5.41, 5.74) is 0.971. The molecule has 18 heavy (non-hydrogen) atoms. The van der Waals surface area contributed by atoms with Crippen LogP contribution in [-0.4, -0.2) is 23.0 Å². The Morgan fingerprint density at radius 3 is 2.94 bits per heavy atom. The van der Waals surface area contributed by atoms with E-state index in [-0.39, 0.29) is 5.92 Å². The first-order valence-electron chi connectivity index (χ1n) is 6.62. The van der Waals surface area contributed by atoms with Crippen LogP contribution in [0, 0.1) is 36.0 Å². The highest BCUT2D eigenvalue weighted by molar-refractivity contribution is 5.05. The molecule has 2 rings (SSSR count). The molecule has 4 heteroatoms. The summed E-state index contributed by atoms with van der Waals surface area (Å²) in [6, 6.07) is 2.46. The van der Waals surface area contributed by atoms with Gasteiger partial charge in [-0.3, -0.25) is 4.90 Å². The van der Waals surface area contributed by atoms with Gasteiger partial charge in [-0.25, -0.2) is 4.98 Å². The molecule has 2 atom stereocenters. The van der Waals surface area contributed by atoms with Crippen molar-refractivity contribution in [1.29, 1.82) is 5.26 Å². The monoisotopic (exact) mass is 247 g/mol. The summed E-state index contributed by atoms with van der Waals surface area (Å²) in [6.07, 6.45) is 2.47. The van der Waals surface area contributed by atoms with Crippen LogP contribution in [0.15, 0.2) is 10.8 Å². The number of hydrogen-bond acceptors (Lipinski definition) is 4. The van der Waals surface area contributed by atoms with Gasteiger partial charge in [-0.05, 0) is 31.7 Å². The molecule has 0 radical (unpaired) electrons. The predicted octanol–water partition coefficient (Wildman–Crippen LogP) is 2.60. The maximum absolute atomic E-state index is 9.20. The van der Waals surface area contributed by atoms with E-state index in [0.29, 0.717) is 11.8 Å². The second-order valence-electron chi connectivity index (χ2n) is 5.53. The topological polar surface area (TPSA) is 53.1 Å². The molecule has 0 N–H and O–H groups in total. The smallest absolute Gasteiger partial charge is 0.181 e. The van der Waals surface area contributed by atoms with Crippen LogP contribution in [0.4, 0.5) is 0 Å². The van der Waals surface area contributed by atoms with E-state index < -0.39 is 0 Å². The molecule has 1 aromatic heterocycles. The first kappa shape index (κ1) is 13.1. The van der Waals surface area contributed by atoms with Gasteiger partial charge in [0.25, 0.3) is 0 Å². The molecule has 2 heterocycles. The normalized spacial score (nSPS) is 25.3. The third kappa shape index (κ3) is 2.73. The summed E-state index contributed by atoms with van der Waals surface area (Å²) in [5.74, 6) is 2.17. The molecular formula is C14H21N3O. The fourth-order valence-electron chi connectivity index (χ4n) is 2.71. The average molecular weight is 247 g/mol. The van der Waals surface area contributed by atoms with Crippen LogP contribution in [0.2, 0.25) is 0 Å². The van der Waals surface area contributed by atoms with Gasteiger partial charge in [0, 0.05) is 6.54 Å². The zero-order valence-corrected chi connectivity index (χ0v) is 11.4. The third-order valence-electron chi connectivity index (χ3n) is 3.98. The van der Waals surface area contributed by atoms with Crippen LogP contribution in [0.5, 0.6) is 0 Å². The second-order valence-corrected chi connectivity index (χ2v) is 5.53. The van der Waals surface area contributed by atoms with E-state index in [4.69, 9.17) is 4.42 Å². The molecule has 0 aromatic carbocycles. The van der Waals surface area contributed by atoms with Gasteiger partial charge in [-0.15, -0.1) is 0 Å². The molecule has 0 saturated carbocycles. The van der Waals surface area contributed by atoms with Crippen LogP contribution in [0.25, 0.3) is 0 Å². The van der Waals surface area contributed by atoms with Crippen LogP contribution in [0.3, 0.4) is 0 Å². The number of nitriles is 1. The zero-order valence-electron chi connectivity index (χ0n) is 11.4. The maximum Gasteiger partial charge on any atom is 0.181 e. The van der Waals surface area contributed by atoms with E-state index in [1.54, 1.807) is 0 Å². The Morgan fingerprint density at radius 2 is 2.39 bits per heavy atom. The highest BCUT2D eigenvalue weighted by Crippen LogP contribution is 2.30.